The molecule has 4 fully saturated rings. The van der Waals surface area contributed by atoms with E-state index in [0.717, 1.165) is 51.1 Å². The normalized spacial score (nSPS) is 30.6. The van der Waals surface area contributed by atoms with Crippen molar-refractivity contribution in [1.29, 1.82) is 0 Å². The standard InChI is InChI=1S/C20H31N3O3/c24-17(22-13-9-15-6-1-2-7-16(15)14-22)8-5-12-23-18(25)20(21-19(23)26)10-3-4-11-20/h15-16H,1-14H2,(H,21,26)/t15-,16+/m0/s1. The highest BCUT2D eigenvalue weighted by Gasteiger charge is 2.52. The lowest BCUT2D eigenvalue weighted by atomic mass is 9.75. The van der Waals surface area contributed by atoms with Gasteiger partial charge in [-0.3, -0.25) is 14.5 Å². The van der Waals surface area contributed by atoms with Crippen LogP contribution in [0.25, 0.3) is 0 Å². The number of likely N-dealkylation sites (tertiary alicyclic amines) is 1. The van der Waals surface area contributed by atoms with Gasteiger partial charge in [0.1, 0.15) is 5.54 Å². The molecule has 2 saturated heterocycles. The summed E-state index contributed by atoms with van der Waals surface area (Å²) < 4.78 is 0. The Morgan fingerprint density at radius 2 is 1.77 bits per heavy atom. The van der Waals surface area contributed by atoms with E-state index in [1.165, 1.54) is 30.6 Å². The second-order valence-electron chi connectivity index (χ2n) is 8.71. The fraction of sp³-hybridized carbons (Fsp3) is 0.850. The number of hydrogen-bond acceptors (Lipinski definition) is 3. The van der Waals surface area contributed by atoms with Crippen LogP contribution in [0.3, 0.4) is 0 Å². The van der Waals surface area contributed by atoms with Crippen molar-refractivity contribution in [2.45, 2.75) is 76.2 Å². The predicted octanol–water partition coefficient (Wildman–Crippen LogP) is 2.67. The smallest absolute Gasteiger partial charge is 0.325 e. The number of carbonyl (C=O) groups is 3. The molecule has 0 unspecified atom stereocenters. The molecule has 2 aliphatic heterocycles. The molecular formula is C20H31N3O3. The van der Waals surface area contributed by atoms with Crippen molar-refractivity contribution in [3.8, 4) is 0 Å². The first-order valence-electron chi connectivity index (χ1n) is 10.5. The zero-order valence-corrected chi connectivity index (χ0v) is 15.7. The van der Waals surface area contributed by atoms with Crippen LogP contribution in [0.4, 0.5) is 4.79 Å². The third kappa shape index (κ3) is 3.23. The average Bonchev–Trinajstić information content (AvgIpc) is 3.21. The summed E-state index contributed by atoms with van der Waals surface area (Å²) in [5, 5.41) is 2.90. The van der Waals surface area contributed by atoms with E-state index in [0.29, 0.717) is 25.3 Å². The molecule has 26 heavy (non-hydrogen) atoms. The molecule has 2 atom stereocenters. The van der Waals surface area contributed by atoms with Crippen LogP contribution in [-0.4, -0.2) is 52.8 Å². The highest BCUT2D eigenvalue weighted by Crippen LogP contribution is 2.37. The topological polar surface area (TPSA) is 69.7 Å². The molecule has 6 heteroatoms. The summed E-state index contributed by atoms with van der Waals surface area (Å²) >= 11 is 0. The molecule has 0 aromatic rings. The predicted molar refractivity (Wildman–Crippen MR) is 97.3 cm³/mol. The minimum absolute atomic E-state index is 0.0736. The molecule has 4 amide bonds. The Balaban J connectivity index is 1.25. The van der Waals surface area contributed by atoms with Gasteiger partial charge in [-0.15, -0.1) is 0 Å². The van der Waals surface area contributed by atoms with Gasteiger partial charge in [0.15, 0.2) is 0 Å². The molecule has 2 aliphatic carbocycles. The largest absolute Gasteiger partial charge is 0.342 e. The Morgan fingerprint density at radius 1 is 1.04 bits per heavy atom. The maximum atomic E-state index is 12.6. The fourth-order valence-corrected chi connectivity index (χ4v) is 5.57. The summed E-state index contributed by atoms with van der Waals surface area (Å²) in [5.74, 6) is 1.63. The van der Waals surface area contributed by atoms with E-state index in [4.69, 9.17) is 0 Å². The summed E-state index contributed by atoms with van der Waals surface area (Å²) in [5.41, 5.74) is -0.635. The number of nitrogens with zero attached hydrogens (tertiary/aromatic N) is 2. The molecule has 0 bridgehead atoms. The van der Waals surface area contributed by atoms with Gasteiger partial charge in [0, 0.05) is 26.1 Å². The van der Waals surface area contributed by atoms with Gasteiger partial charge in [-0.2, -0.15) is 0 Å². The van der Waals surface area contributed by atoms with Crippen LogP contribution in [0.1, 0.15) is 70.6 Å². The first-order valence-corrected chi connectivity index (χ1v) is 10.5. The van der Waals surface area contributed by atoms with E-state index in [1.54, 1.807) is 0 Å². The van der Waals surface area contributed by atoms with Gasteiger partial charge in [0.05, 0.1) is 0 Å². The molecule has 0 aromatic carbocycles. The Hall–Kier alpha value is -1.59. The van der Waals surface area contributed by atoms with Crippen LogP contribution in [0.5, 0.6) is 0 Å². The van der Waals surface area contributed by atoms with E-state index in [-0.39, 0.29) is 17.8 Å². The van der Waals surface area contributed by atoms with Gasteiger partial charge in [-0.05, 0) is 43.9 Å². The van der Waals surface area contributed by atoms with Crippen LogP contribution < -0.4 is 5.32 Å². The second kappa shape index (κ2) is 7.20. The molecule has 2 heterocycles. The van der Waals surface area contributed by atoms with Crippen molar-refractivity contribution in [1.82, 2.24) is 15.1 Å². The van der Waals surface area contributed by atoms with Gasteiger partial charge in [0.25, 0.3) is 5.91 Å². The summed E-state index contributed by atoms with van der Waals surface area (Å²) in [7, 11) is 0. The highest BCUT2D eigenvalue weighted by molar-refractivity contribution is 6.07. The molecule has 1 spiro atoms. The molecule has 6 nitrogen and oxygen atoms in total. The van der Waals surface area contributed by atoms with Crippen molar-refractivity contribution in [3.63, 3.8) is 0 Å². The summed E-state index contributed by atoms with van der Waals surface area (Å²) in [6, 6.07) is -0.271. The van der Waals surface area contributed by atoms with E-state index in [1.807, 2.05) is 4.90 Å². The third-order valence-electron chi connectivity index (χ3n) is 7.12. The zero-order valence-electron chi connectivity index (χ0n) is 15.7. The molecule has 0 aromatic heterocycles. The number of rotatable bonds is 4. The number of fused-ring (bicyclic) bond motifs is 1. The maximum absolute atomic E-state index is 12.6. The zero-order chi connectivity index (χ0) is 18.1. The minimum Gasteiger partial charge on any atom is -0.342 e. The summed E-state index contributed by atoms with van der Waals surface area (Å²) in [4.78, 5) is 40.7. The van der Waals surface area contributed by atoms with Crippen molar-refractivity contribution in [2.75, 3.05) is 19.6 Å². The molecule has 1 N–H and O–H groups in total. The lowest BCUT2D eigenvalue weighted by molar-refractivity contribution is -0.135. The number of nitrogens with one attached hydrogen (secondary N) is 1. The highest BCUT2D eigenvalue weighted by atomic mass is 16.2. The van der Waals surface area contributed by atoms with E-state index < -0.39 is 5.54 Å². The summed E-state index contributed by atoms with van der Waals surface area (Å²) in [6.45, 7) is 2.15. The van der Waals surface area contributed by atoms with Crippen molar-refractivity contribution < 1.29 is 14.4 Å². The van der Waals surface area contributed by atoms with E-state index >= 15 is 0 Å². The Morgan fingerprint density at radius 3 is 2.54 bits per heavy atom. The number of imide groups is 1. The van der Waals surface area contributed by atoms with Crippen LogP contribution in [-0.2, 0) is 9.59 Å². The Bertz CT molecular complexity index is 585. The molecular weight excluding hydrogens is 330 g/mol. The van der Waals surface area contributed by atoms with Crippen molar-refractivity contribution in [2.24, 2.45) is 11.8 Å². The Kier molecular flexibility index (Phi) is 4.93. The molecule has 144 valence electrons. The number of hydrogen-bond donors (Lipinski definition) is 1. The monoisotopic (exact) mass is 361 g/mol. The minimum atomic E-state index is -0.635. The maximum Gasteiger partial charge on any atom is 0.325 e. The van der Waals surface area contributed by atoms with Gasteiger partial charge in [0.2, 0.25) is 5.91 Å². The first-order chi connectivity index (χ1) is 12.6. The number of amides is 4. The first kappa shape index (κ1) is 17.8. The van der Waals surface area contributed by atoms with Gasteiger partial charge < -0.3 is 10.2 Å². The lowest BCUT2D eigenvalue weighted by Gasteiger charge is -2.41. The average molecular weight is 361 g/mol. The SMILES string of the molecule is O=C(CCCN1C(=O)NC2(CCCC2)C1=O)N1CC[C@@H]2CCCC[C@@H]2C1. The lowest BCUT2D eigenvalue weighted by Crippen LogP contribution is -2.45. The second-order valence-corrected chi connectivity index (χ2v) is 8.71. The van der Waals surface area contributed by atoms with E-state index in [9.17, 15) is 14.4 Å². The van der Waals surface area contributed by atoms with E-state index in [2.05, 4.69) is 5.32 Å². The van der Waals surface area contributed by atoms with Crippen LogP contribution in [0, 0.1) is 11.8 Å². The van der Waals surface area contributed by atoms with Crippen molar-refractivity contribution >= 4 is 17.8 Å². The molecule has 0 radical (unpaired) electrons. The van der Waals surface area contributed by atoms with Gasteiger partial charge >= 0.3 is 6.03 Å². The van der Waals surface area contributed by atoms with Crippen LogP contribution in [0.2, 0.25) is 0 Å². The van der Waals surface area contributed by atoms with Crippen LogP contribution >= 0.6 is 0 Å². The molecule has 4 rings (SSSR count). The molecule has 4 aliphatic rings. The summed E-state index contributed by atoms with van der Waals surface area (Å²) in [6.07, 6.45) is 10.9. The van der Waals surface area contributed by atoms with Crippen LogP contribution in [0.15, 0.2) is 0 Å². The van der Waals surface area contributed by atoms with Gasteiger partial charge in [-0.25, -0.2) is 4.79 Å². The number of carbonyl (C=O) groups excluding carboxylic acids is 3. The quantitative estimate of drug-likeness (QED) is 0.783. The number of piperidine rings is 1. The van der Waals surface area contributed by atoms with Crippen molar-refractivity contribution in [3.05, 3.63) is 0 Å². The fourth-order valence-electron chi connectivity index (χ4n) is 5.57. The third-order valence-corrected chi connectivity index (χ3v) is 7.12. The Labute approximate surface area is 155 Å². The molecule has 2 saturated carbocycles. The van der Waals surface area contributed by atoms with Gasteiger partial charge in [-0.1, -0.05) is 32.1 Å². The number of urea groups is 1.